The van der Waals surface area contributed by atoms with Crippen LogP contribution >= 0.6 is 15.9 Å². The molecule has 0 aliphatic carbocycles. The molecule has 4 aromatic rings. The van der Waals surface area contributed by atoms with E-state index in [0.29, 0.717) is 27.7 Å². The van der Waals surface area contributed by atoms with Crippen LogP contribution in [-0.4, -0.2) is 25.7 Å². The third-order valence-electron chi connectivity index (χ3n) is 6.08. The molecule has 2 aromatic heterocycles. The normalized spacial score (nSPS) is 15.7. The van der Waals surface area contributed by atoms with Crippen LogP contribution in [-0.2, 0) is 24.2 Å². The first-order valence-electron chi connectivity index (χ1n) is 10.6. The lowest BCUT2D eigenvalue weighted by molar-refractivity contribution is -0.115. The number of pyridine rings is 1. The maximum atomic E-state index is 14.5. The highest BCUT2D eigenvalue weighted by Crippen LogP contribution is 2.37. The number of Topliss-reactive ketones (excluding diaryl/α,β-unsaturated/α-hetero) is 1. The Morgan fingerprint density at radius 2 is 2.03 bits per heavy atom. The molecule has 0 radical (unpaired) electrons. The zero-order valence-corrected chi connectivity index (χ0v) is 19.5. The van der Waals surface area contributed by atoms with E-state index < -0.39 is 11.9 Å². The molecule has 3 heterocycles. The van der Waals surface area contributed by atoms with Crippen molar-refractivity contribution in [2.45, 2.75) is 32.4 Å². The first-order chi connectivity index (χ1) is 15.9. The van der Waals surface area contributed by atoms with Gasteiger partial charge in [-0.25, -0.2) is 4.39 Å². The van der Waals surface area contributed by atoms with Crippen molar-refractivity contribution in [2.75, 3.05) is 0 Å². The van der Waals surface area contributed by atoms with Crippen molar-refractivity contribution in [3.05, 3.63) is 105 Å². The lowest BCUT2D eigenvalue weighted by Crippen LogP contribution is -2.28. The van der Waals surface area contributed by atoms with Crippen molar-refractivity contribution in [1.82, 2.24) is 14.8 Å². The Kier molecular flexibility index (Phi) is 5.68. The number of aliphatic hydroxyl groups is 1. The molecule has 1 atom stereocenters. The quantitative estimate of drug-likeness (QED) is 0.409. The third kappa shape index (κ3) is 4.03. The maximum absolute atomic E-state index is 14.5. The SMILES string of the molecule is CC1=C(C(=O)Cc2ccc3cnccc3c2)C(c2ccc(Br)c(F)c2)n2nc(CO)cc2C1. The number of fused-ring (bicyclic) bond motifs is 2. The molecule has 1 unspecified atom stereocenters. The Balaban J connectivity index is 1.57. The molecule has 0 spiro atoms. The maximum Gasteiger partial charge on any atom is 0.165 e. The number of nitrogens with zero attached hydrogens (tertiary/aromatic N) is 3. The van der Waals surface area contributed by atoms with Gasteiger partial charge in [0.05, 0.1) is 16.8 Å². The van der Waals surface area contributed by atoms with E-state index in [9.17, 15) is 14.3 Å². The molecule has 0 saturated carbocycles. The van der Waals surface area contributed by atoms with Crippen molar-refractivity contribution in [3.8, 4) is 0 Å². The molecule has 1 N–H and O–H groups in total. The number of aliphatic hydroxyl groups excluding tert-OH is 1. The third-order valence-corrected chi connectivity index (χ3v) is 6.72. The number of hydrogen-bond donors (Lipinski definition) is 1. The van der Waals surface area contributed by atoms with E-state index in [1.165, 1.54) is 6.07 Å². The molecule has 0 saturated heterocycles. The molecule has 33 heavy (non-hydrogen) atoms. The standard InChI is InChI=1S/C26H21BrFN3O2/c1-15-8-21-12-20(14-32)30-31(21)26(18-4-5-22(27)23(28)11-18)25(15)24(33)10-16-2-3-19-13-29-7-6-17(19)9-16/h2-7,9,11-13,26,32H,8,10,14H2,1H3. The number of hydrogen-bond acceptors (Lipinski definition) is 4. The number of benzene rings is 2. The van der Waals surface area contributed by atoms with Crippen LogP contribution in [0.25, 0.3) is 10.8 Å². The molecule has 1 aliphatic heterocycles. The van der Waals surface area contributed by atoms with Gasteiger partial charge in [0.25, 0.3) is 0 Å². The second-order valence-electron chi connectivity index (χ2n) is 8.33. The molecule has 7 heteroatoms. The molecule has 5 rings (SSSR count). The van der Waals surface area contributed by atoms with Gasteiger partial charge in [-0.2, -0.15) is 5.10 Å². The average Bonchev–Trinajstić information content (AvgIpc) is 3.22. The summed E-state index contributed by atoms with van der Waals surface area (Å²) in [6.45, 7) is 1.74. The lowest BCUT2D eigenvalue weighted by Gasteiger charge is -2.29. The van der Waals surface area contributed by atoms with Crippen molar-refractivity contribution < 1.29 is 14.3 Å². The number of ketones is 1. The highest BCUT2D eigenvalue weighted by atomic mass is 79.9. The summed E-state index contributed by atoms with van der Waals surface area (Å²) >= 11 is 3.21. The van der Waals surface area contributed by atoms with E-state index in [2.05, 4.69) is 26.0 Å². The van der Waals surface area contributed by atoms with Crippen LogP contribution in [0.4, 0.5) is 4.39 Å². The van der Waals surface area contributed by atoms with Crippen LogP contribution in [0.3, 0.4) is 0 Å². The minimum Gasteiger partial charge on any atom is -0.390 e. The van der Waals surface area contributed by atoms with Gasteiger partial charge in [-0.15, -0.1) is 0 Å². The summed E-state index contributed by atoms with van der Waals surface area (Å²) in [5.74, 6) is -0.428. The van der Waals surface area contributed by atoms with Crippen LogP contribution in [0, 0.1) is 5.82 Å². The van der Waals surface area contributed by atoms with Gasteiger partial charge in [-0.05, 0) is 63.6 Å². The zero-order chi connectivity index (χ0) is 23.1. The highest BCUT2D eigenvalue weighted by molar-refractivity contribution is 9.10. The predicted molar refractivity (Wildman–Crippen MR) is 127 cm³/mol. The summed E-state index contributed by atoms with van der Waals surface area (Å²) in [4.78, 5) is 17.8. The zero-order valence-electron chi connectivity index (χ0n) is 17.9. The fourth-order valence-electron chi connectivity index (χ4n) is 4.55. The molecule has 5 nitrogen and oxygen atoms in total. The van der Waals surface area contributed by atoms with Gasteiger partial charge in [0.15, 0.2) is 5.78 Å². The van der Waals surface area contributed by atoms with Crippen LogP contribution in [0.1, 0.15) is 35.5 Å². The van der Waals surface area contributed by atoms with Gasteiger partial charge in [-0.1, -0.05) is 29.8 Å². The van der Waals surface area contributed by atoms with Gasteiger partial charge in [0, 0.05) is 41.9 Å². The Morgan fingerprint density at radius 1 is 1.18 bits per heavy atom. The largest absolute Gasteiger partial charge is 0.390 e. The summed E-state index contributed by atoms with van der Waals surface area (Å²) in [6.07, 6.45) is 4.31. The summed E-state index contributed by atoms with van der Waals surface area (Å²) in [6, 6.07) is 14.0. The van der Waals surface area contributed by atoms with Crippen molar-refractivity contribution in [2.24, 2.45) is 0 Å². The summed E-state index contributed by atoms with van der Waals surface area (Å²) < 4.78 is 16.6. The summed E-state index contributed by atoms with van der Waals surface area (Å²) in [5.41, 5.74) is 4.50. The summed E-state index contributed by atoms with van der Waals surface area (Å²) in [7, 11) is 0. The molecule has 0 amide bonds. The molecule has 166 valence electrons. The first-order valence-corrected chi connectivity index (χ1v) is 11.4. The number of allylic oxidation sites excluding steroid dienone is 2. The summed E-state index contributed by atoms with van der Waals surface area (Å²) in [5, 5.41) is 16.2. The monoisotopic (exact) mass is 505 g/mol. The number of aromatic nitrogens is 3. The van der Waals surface area contributed by atoms with Gasteiger partial charge < -0.3 is 5.11 Å². The Bertz CT molecular complexity index is 1430. The van der Waals surface area contributed by atoms with Crippen molar-refractivity contribution in [1.29, 1.82) is 0 Å². The van der Waals surface area contributed by atoms with Crippen LogP contribution in [0.5, 0.6) is 0 Å². The van der Waals surface area contributed by atoms with E-state index in [1.807, 2.05) is 37.3 Å². The molecule has 1 aliphatic rings. The molecular formula is C26H21BrFN3O2. The fourth-order valence-corrected chi connectivity index (χ4v) is 4.80. The number of halogens is 2. The first kappa shape index (κ1) is 21.7. The van der Waals surface area contributed by atoms with Crippen LogP contribution < -0.4 is 0 Å². The van der Waals surface area contributed by atoms with E-state index in [-0.39, 0.29) is 18.8 Å². The van der Waals surface area contributed by atoms with Crippen molar-refractivity contribution >= 4 is 32.5 Å². The Labute approximate surface area is 198 Å². The Hall–Kier alpha value is -3.16. The second kappa shape index (κ2) is 8.65. The minimum atomic E-state index is -0.561. The Morgan fingerprint density at radius 3 is 2.82 bits per heavy atom. The van der Waals surface area contributed by atoms with Crippen molar-refractivity contribution in [3.63, 3.8) is 0 Å². The smallest absolute Gasteiger partial charge is 0.165 e. The molecular weight excluding hydrogens is 485 g/mol. The van der Waals surface area contributed by atoms with Gasteiger partial charge in [-0.3, -0.25) is 14.5 Å². The van der Waals surface area contributed by atoms with Crippen LogP contribution in [0.15, 0.2) is 76.5 Å². The second-order valence-corrected chi connectivity index (χ2v) is 9.19. The lowest BCUT2D eigenvalue weighted by atomic mass is 9.85. The molecule has 0 fully saturated rings. The van der Waals surface area contributed by atoms with E-state index in [4.69, 9.17) is 0 Å². The van der Waals surface area contributed by atoms with Crippen LogP contribution in [0.2, 0.25) is 0 Å². The molecule has 2 aromatic carbocycles. The number of carbonyl (C=O) groups is 1. The minimum absolute atomic E-state index is 0.0269. The number of rotatable bonds is 5. The highest BCUT2D eigenvalue weighted by Gasteiger charge is 2.33. The molecule has 0 bridgehead atoms. The van der Waals surface area contributed by atoms with E-state index in [1.54, 1.807) is 29.2 Å². The average molecular weight is 506 g/mol. The van der Waals surface area contributed by atoms with Gasteiger partial charge >= 0.3 is 0 Å². The van der Waals surface area contributed by atoms with E-state index in [0.717, 1.165) is 27.6 Å². The van der Waals surface area contributed by atoms with Gasteiger partial charge in [0.1, 0.15) is 11.9 Å². The van der Waals surface area contributed by atoms with E-state index >= 15 is 0 Å². The number of carbonyl (C=O) groups excluding carboxylic acids is 1. The fraction of sp³-hybridized carbons (Fsp3) is 0.192. The predicted octanol–water partition coefficient (Wildman–Crippen LogP) is 5.10. The van der Waals surface area contributed by atoms with Gasteiger partial charge in [0.2, 0.25) is 0 Å². The topological polar surface area (TPSA) is 68.0 Å².